The van der Waals surface area contributed by atoms with Crippen LogP contribution in [0.3, 0.4) is 0 Å². The van der Waals surface area contributed by atoms with Gasteiger partial charge in [-0.15, -0.1) is 0 Å². The van der Waals surface area contributed by atoms with E-state index in [0.717, 1.165) is 30.0 Å². The molecular weight excluding hydrogens is 429 g/mol. The molecule has 2 aromatic rings. The van der Waals surface area contributed by atoms with Crippen molar-refractivity contribution >= 4 is 52.2 Å². The molecule has 0 bridgehead atoms. The molecule has 2 aromatic carbocycles. The molecule has 1 saturated heterocycles. The summed E-state index contributed by atoms with van der Waals surface area (Å²) in [6.07, 6.45) is -2.97. The average molecular weight is 441 g/mol. The molecule has 0 atom stereocenters. The number of esters is 1. The largest absolute Gasteiger partial charge is 0.465 e. The number of alkyl halides is 3. The monoisotopic (exact) mass is 440 g/mol. The van der Waals surface area contributed by atoms with Crippen molar-refractivity contribution < 1.29 is 27.5 Å². The van der Waals surface area contributed by atoms with E-state index in [2.05, 4.69) is 15.0 Å². The first kappa shape index (κ1) is 20.9. The Morgan fingerprint density at radius 2 is 1.90 bits per heavy atom. The quantitative estimate of drug-likeness (QED) is 0.536. The number of halogens is 4. The van der Waals surface area contributed by atoms with Crippen molar-refractivity contribution in [2.45, 2.75) is 6.18 Å². The second kappa shape index (κ2) is 8.30. The Labute approximate surface area is 172 Å². The van der Waals surface area contributed by atoms with Gasteiger partial charge in [0, 0.05) is 0 Å². The van der Waals surface area contributed by atoms with Crippen LogP contribution in [0.1, 0.15) is 21.5 Å². The number of methoxy groups -OCH3 is 1. The number of aliphatic imine (C=N–C) groups is 1. The summed E-state index contributed by atoms with van der Waals surface area (Å²) in [7, 11) is 1.27. The second-order valence-corrected chi connectivity index (χ2v) is 7.20. The molecular formula is C19H12ClF3N2O3S. The van der Waals surface area contributed by atoms with Gasteiger partial charge in [-0.3, -0.25) is 4.79 Å². The lowest BCUT2D eigenvalue weighted by Gasteiger charge is -2.08. The Balaban J connectivity index is 1.83. The number of carbonyl (C=O) groups excluding carboxylic acids is 2. The molecule has 0 unspecified atom stereocenters. The fraction of sp³-hybridized carbons (Fsp3) is 0.105. The standard InChI is InChI=1S/C19H12ClF3N2O3S/c1-28-17(27)11-4-2-10(3-5-11)8-15-16(26)25-18(29-15)24-14-9-12(19(21,22)23)6-7-13(14)20/h2-9H,1H3,(H,24,25,26)/b15-8-. The highest BCUT2D eigenvalue weighted by molar-refractivity contribution is 8.18. The Kier molecular flexibility index (Phi) is 5.99. The molecule has 0 saturated carbocycles. The molecule has 3 rings (SSSR count). The lowest BCUT2D eigenvalue weighted by atomic mass is 10.1. The van der Waals surface area contributed by atoms with Crippen LogP contribution in [0.15, 0.2) is 52.4 Å². The van der Waals surface area contributed by atoms with Gasteiger partial charge in [-0.25, -0.2) is 9.79 Å². The van der Waals surface area contributed by atoms with Crippen LogP contribution in [0.5, 0.6) is 0 Å². The lowest BCUT2D eigenvalue weighted by Crippen LogP contribution is -2.19. The SMILES string of the molecule is COC(=O)c1ccc(/C=C2\SC(=Nc3cc(C(F)(F)F)ccc3Cl)NC2=O)cc1. The zero-order valence-corrected chi connectivity index (χ0v) is 16.3. The van der Waals surface area contributed by atoms with E-state index in [1.54, 1.807) is 30.3 Å². The van der Waals surface area contributed by atoms with Gasteiger partial charge in [0.15, 0.2) is 5.17 Å². The van der Waals surface area contributed by atoms with Gasteiger partial charge in [-0.2, -0.15) is 13.2 Å². The number of benzene rings is 2. The van der Waals surface area contributed by atoms with Crippen LogP contribution in [0.4, 0.5) is 18.9 Å². The minimum Gasteiger partial charge on any atom is -0.465 e. The molecule has 1 N–H and O–H groups in total. The van der Waals surface area contributed by atoms with Gasteiger partial charge >= 0.3 is 12.1 Å². The van der Waals surface area contributed by atoms with Gasteiger partial charge in [0.25, 0.3) is 5.91 Å². The summed E-state index contributed by atoms with van der Waals surface area (Å²) >= 11 is 6.90. The Hall–Kier alpha value is -2.78. The highest BCUT2D eigenvalue weighted by Crippen LogP contribution is 2.36. The summed E-state index contributed by atoms with van der Waals surface area (Å²) in [5.41, 5.74) is 0.0123. The van der Waals surface area contributed by atoms with Crippen LogP contribution in [0.25, 0.3) is 6.08 Å². The maximum atomic E-state index is 12.9. The van der Waals surface area contributed by atoms with Gasteiger partial charge in [-0.05, 0) is 53.7 Å². The van der Waals surface area contributed by atoms with E-state index in [-0.39, 0.29) is 20.8 Å². The van der Waals surface area contributed by atoms with E-state index in [1.165, 1.54) is 7.11 Å². The number of amides is 1. The Morgan fingerprint density at radius 3 is 2.52 bits per heavy atom. The normalized spacial score (nSPS) is 16.9. The second-order valence-electron chi connectivity index (χ2n) is 5.76. The fourth-order valence-electron chi connectivity index (χ4n) is 2.35. The van der Waals surface area contributed by atoms with E-state index in [4.69, 9.17) is 11.6 Å². The molecule has 1 aliphatic heterocycles. The zero-order chi connectivity index (χ0) is 21.2. The average Bonchev–Trinajstić information content (AvgIpc) is 3.01. The van der Waals surface area contributed by atoms with Gasteiger partial charge in [0.1, 0.15) is 0 Å². The number of nitrogens with one attached hydrogen (secondary N) is 1. The van der Waals surface area contributed by atoms with Gasteiger partial charge < -0.3 is 10.1 Å². The topological polar surface area (TPSA) is 67.8 Å². The number of amidine groups is 1. The smallest absolute Gasteiger partial charge is 0.416 e. The zero-order valence-electron chi connectivity index (χ0n) is 14.7. The number of thioether (sulfide) groups is 1. The van der Waals surface area contributed by atoms with Crippen LogP contribution in [0, 0.1) is 0 Å². The lowest BCUT2D eigenvalue weighted by molar-refractivity contribution is -0.137. The predicted molar refractivity (Wildman–Crippen MR) is 105 cm³/mol. The molecule has 0 spiro atoms. The van der Waals surface area contributed by atoms with Crippen molar-refractivity contribution in [1.82, 2.24) is 5.32 Å². The first-order chi connectivity index (χ1) is 13.7. The third-order valence-corrected chi connectivity index (χ3v) is 5.01. The summed E-state index contributed by atoms with van der Waals surface area (Å²) in [6, 6.07) is 9.13. The molecule has 1 heterocycles. The molecule has 0 radical (unpaired) electrons. The predicted octanol–water partition coefficient (Wildman–Crippen LogP) is 5.04. The van der Waals surface area contributed by atoms with Crippen molar-refractivity contribution in [3.63, 3.8) is 0 Å². The Morgan fingerprint density at radius 1 is 1.21 bits per heavy atom. The van der Waals surface area contributed by atoms with Crippen molar-refractivity contribution in [2.75, 3.05) is 7.11 Å². The molecule has 0 aromatic heterocycles. The van der Waals surface area contributed by atoms with Crippen molar-refractivity contribution in [3.8, 4) is 0 Å². The molecule has 1 fully saturated rings. The summed E-state index contributed by atoms with van der Waals surface area (Å²) in [6.45, 7) is 0. The van der Waals surface area contributed by atoms with E-state index < -0.39 is 23.6 Å². The minimum absolute atomic E-state index is 0.0242. The Bertz CT molecular complexity index is 1030. The van der Waals surface area contributed by atoms with Crippen LogP contribution in [0.2, 0.25) is 5.02 Å². The first-order valence-electron chi connectivity index (χ1n) is 8.02. The number of hydrogen-bond donors (Lipinski definition) is 1. The van der Waals surface area contributed by atoms with E-state index in [9.17, 15) is 22.8 Å². The maximum Gasteiger partial charge on any atom is 0.416 e. The summed E-state index contributed by atoms with van der Waals surface area (Å²) in [4.78, 5) is 27.9. The molecule has 150 valence electrons. The first-order valence-corrected chi connectivity index (χ1v) is 9.21. The van der Waals surface area contributed by atoms with Gasteiger partial charge in [0.05, 0.1) is 33.9 Å². The van der Waals surface area contributed by atoms with Crippen molar-refractivity contribution in [2.24, 2.45) is 4.99 Å². The molecule has 1 aliphatic rings. The summed E-state index contributed by atoms with van der Waals surface area (Å²) < 4.78 is 43.2. The van der Waals surface area contributed by atoms with E-state index in [0.29, 0.717) is 11.1 Å². The molecule has 0 aliphatic carbocycles. The van der Waals surface area contributed by atoms with Crippen LogP contribution < -0.4 is 5.32 Å². The number of hydrogen-bond acceptors (Lipinski definition) is 5. The highest BCUT2D eigenvalue weighted by atomic mass is 35.5. The van der Waals surface area contributed by atoms with Gasteiger partial charge in [-0.1, -0.05) is 23.7 Å². The third kappa shape index (κ3) is 4.99. The van der Waals surface area contributed by atoms with E-state index >= 15 is 0 Å². The molecule has 1 amide bonds. The number of ether oxygens (including phenoxy) is 1. The van der Waals surface area contributed by atoms with Crippen molar-refractivity contribution in [1.29, 1.82) is 0 Å². The summed E-state index contributed by atoms with van der Waals surface area (Å²) in [5, 5.41) is 2.62. The third-order valence-electron chi connectivity index (χ3n) is 3.78. The van der Waals surface area contributed by atoms with Crippen LogP contribution in [-0.2, 0) is 15.7 Å². The molecule has 10 heteroatoms. The number of carbonyl (C=O) groups is 2. The minimum atomic E-state index is -4.53. The molecule has 5 nitrogen and oxygen atoms in total. The van der Waals surface area contributed by atoms with E-state index in [1.807, 2.05) is 0 Å². The number of rotatable bonds is 3. The van der Waals surface area contributed by atoms with Crippen LogP contribution >= 0.6 is 23.4 Å². The van der Waals surface area contributed by atoms with Crippen molar-refractivity contribution in [3.05, 3.63) is 69.1 Å². The maximum absolute atomic E-state index is 12.9. The van der Waals surface area contributed by atoms with Gasteiger partial charge in [0.2, 0.25) is 0 Å². The van der Waals surface area contributed by atoms with Crippen LogP contribution in [-0.4, -0.2) is 24.2 Å². The fourth-order valence-corrected chi connectivity index (χ4v) is 3.34. The summed E-state index contributed by atoms with van der Waals surface area (Å²) in [5.74, 6) is -0.932. The number of nitrogens with zero attached hydrogens (tertiary/aromatic N) is 1. The molecule has 29 heavy (non-hydrogen) atoms. The highest BCUT2D eigenvalue weighted by Gasteiger charge is 2.31.